The summed E-state index contributed by atoms with van der Waals surface area (Å²) in [6.45, 7) is 10.8. The van der Waals surface area contributed by atoms with Crippen molar-refractivity contribution >= 4 is 11.8 Å². The molecule has 0 aromatic rings. The second-order valence-electron chi connectivity index (χ2n) is 6.30. The van der Waals surface area contributed by atoms with Gasteiger partial charge in [-0.05, 0) is 39.0 Å². The summed E-state index contributed by atoms with van der Waals surface area (Å²) < 4.78 is 0. The van der Waals surface area contributed by atoms with Crippen LogP contribution >= 0.6 is 0 Å². The van der Waals surface area contributed by atoms with Crippen molar-refractivity contribution < 1.29 is 9.59 Å². The summed E-state index contributed by atoms with van der Waals surface area (Å²) in [6, 6.07) is 0.202. The largest absolute Gasteiger partial charge is 0.342 e. The Hall–Kier alpha value is -1.06. The first-order chi connectivity index (χ1) is 8.80. The molecule has 1 aliphatic rings. The molecule has 1 saturated heterocycles. The lowest BCUT2D eigenvalue weighted by molar-refractivity contribution is -0.140. The van der Waals surface area contributed by atoms with Gasteiger partial charge in [0.25, 0.3) is 0 Å². The SMILES string of the molecule is CCC1(C)NC(=O)CCN(C(C)CCC(C)C)C1=O. The van der Waals surface area contributed by atoms with Crippen LogP contribution in [0.5, 0.6) is 0 Å². The topological polar surface area (TPSA) is 49.4 Å². The van der Waals surface area contributed by atoms with Crippen LogP contribution in [-0.2, 0) is 9.59 Å². The van der Waals surface area contributed by atoms with Gasteiger partial charge in [0.15, 0.2) is 0 Å². The third kappa shape index (κ3) is 3.95. The van der Waals surface area contributed by atoms with Crippen LogP contribution < -0.4 is 5.32 Å². The van der Waals surface area contributed by atoms with E-state index in [2.05, 4.69) is 26.1 Å². The Bertz CT molecular complexity index is 341. The molecule has 1 rings (SSSR count). The van der Waals surface area contributed by atoms with Crippen molar-refractivity contribution in [1.82, 2.24) is 10.2 Å². The average molecular weight is 268 g/mol. The van der Waals surface area contributed by atoms with Gasteiger partial charge >= 0.3 is 0 Å². The van der Waals surface area contributed by atoms with E-state index in [-0.39, 0.29) is 17.9 Å². The predicted molar refractivity (Wildman–Crippen MR) is 76.7 cm³/mol. The molecule has 1 fully saturated rings. The summed E-state index contributed by atoms with van der Waals surface area (Å²) in [4.78, 5) is 26.3. The summed E-state index contributed by atoms with van der Waals surface area (Å²) >= 11 is 0. The Kier molecular flexibility index (Phi) is 5.39. The fourth-order valence-electron chi connectivity index (χ4n) is 2.45. The van der Waals surface area contributed by atoms with Gasteiger partial charge in [-0.2, -0.15) is 0 Å². The molecule has 1 heterocycles. The number of carbonyl (C=O) groups excluding carboxylic acids is 2. The van der Waals surface area contributed by atoms with Crippen LogP contribution in [0.2, 0.25) is 0 Å². The highest BCUT2D eigenvalue weighted by molar-refractivity contribution is 5.93. The van der Waals surface area contributed by atoms with Gasteiger partial charge in [0.2, 0.25) is 11.8 Å². The standard InChI is InChI=1S/C15H28N2O2/c1-6-15(5)14(19)17(10-9-13(18)16-15)12(4)8-7-11(2)3/h11-12H,6-10H2,1-5H3,(H,16,18). The molecule has 2 atom stereocenters. The maximum absolute atomic E-state index is 12.6. The van der Waals surface area contributed by atoms with Gasteiger partial charge < -0.3 is 10.2 Å². The van der Waals surface area contributed by atoms with Gasteiger partial charge in [0, 0.05) is 19.0 Å². The zero-order chi connectivity index (χ0) is 14.6. The normalized spacial score (nSPS) is 26.3. The number of nitrogens with zero attached hydrogens (tertiary/aromatic N) is 1. The van der Waals surface area contributed by atoms with Crippen molar-refractivity contribution in [3.8, 4) is 0 Å². The number of rotatable bonds is 5. The van der Waals surface area contributed by atoms with Gasteiger partial charge in [-0.25, -0.2) is 0 Å². The van der Waals surface area contributed by atoms with Crippen LogP contribution in [0.4, 0.5) is 0 Å². The van der Waals surface area contributed by atoms with Crippen LogP contribution in [0.15, 0.2) is 0 Å². The summed E-state index contributed by atoms with van der Waals surface area (Å²) in [5.41, 5.74) is -0.736. The lowest BCUT2D eigenvalue weighted by atomic mass is 9.95. The van der Waals surface area contributed by atoms with Crippen LogP contribution in [0.3, 0.4) is 0 Å². The van der Waals surface area contributed by atoms with Crippen molar-refractivity contribution in [2.75, 3.05) is 6.54 Å². The minimum absolute atomic E-state index is 0.0174. The van der Waals surface area contributed by atoms with Gasteiger partial charge in [0.1, 0.15) is 5.54 Å². The third-order valence-electron chi connectivity index (χ3n) is 4.13. The van der Waals surface area contributed by atoms with E-state index < -0.39 is 5.54 Å². The highest BCUT2D eigenvalue weighted by Crippen LogP contribution is 2.21. The first-order valence-corrected chi connectivity index (χ1v) is 7.42. The number of amides is 2. The predicted octanol–water partition coefficient (Wildman–Crippen LogP) is 2.33. The molecule has 0 aliphatic carbocycles. The Morgan fingerprint density at radius 3 is 2.42 bits per heavy atom. The molecule has 0 saturated carbocycles. The molecule has 4 nitrogen and oxygen atoms in total. The fourth-order valence-corrected chi connectivity index (χ4v) is 2.45. The Morgan fingerprint density at radius 1 is 1.26 bits per heavy atom. The molecule has 1 aliphatic heterocycles. The lowest BCUT2D eigenvalue weighted by Gasteiger charge is -2.35. The fraction of sp³-hybridized carbons (Fsp3) is 0.867. The van der Waals surface area contributed by atoms with Crippen molar-refractivity contribution in [2.24, 2.45) is 5.92 Å². The molecule has 2 unspecified atom stereocenters. The number of nitrogens with one attached hydrogen (secondary N) is 1. The third-order valence-corrected chi connectivity index (χ3v) is 4.13. The molecular formula is C15H28N2O2. The average Bonchev–Trinajstić information content (AvgIpc) is 2.45. The molecule has 1 N–H and O–H groups in total. The molecule has 110 valence electrons. The molecule has 0 aromatic heterocycles. The summed E-state index contributed by atoms with van der Waals surface area (Å²) in [6.07, 6.45) is 3.14. The zero-order valence-electron chi connectivity index (χ0n) is 13.0. The number of carbonyl (C=O) groups is 2. The van der Waals surface area contributed by atoms with Gasteiger partial charge in [-0.3, -0.25) is 9.59 Å². The molecule has 0 radical (unpaired) electrons. The second-order valence-corrected chi connectivity index (χ2v) is 6.30. The van der Waals surface area contributed by atoms with E-state index in [1.807, 2.05) is 18.7 Å². The summed E-state index contributed by atoms with van der Waals surface area (Å²) in [5, 5.41) is 2.87. The number of hydrogen-bond acceptors (Lipinski definition) is 2. The highest BCUT2D eigenvalue weighted by Gasteiger charge is 2.40. The minimum atomic E-state index is -0.736. The van der Waals surface area contributed by atoms with Crippen LogP contribution in [0, 0.1) is 5.92 Å². The molecule has 4 heteroatoms. The molecule has 0 bridgehead atoms. The van der Waals surface area contributed by atoms with Crippen LogP contribution in [0.25, 0.3) is 0 Å². The highest BCUT2D eigenvalue weighted by atomic mass is 16.2. The first-order valence-electron chi connectivity index (χ1n) is 7.42. The Labute approximate surface area is 116 Å². The Morgan fingerprint density at radius 2 is 1.89 bits per heavy atom. The van der Waals surface area contributed by atoms with Crippen molar-refractivity contribution in [3.63, 3.8) is 0 Å². The first kappa shape index (κ1) is 16.0. The van der Waals surface area contributed by atoms with Crippen LogP contribution in [-0.4, -0.2) is 34.8 Å². The van der Waals surface area contributed by atoms with E-state index in [1.54, 1.807) is 0 Å². The second kappa shape index (κ2) is 6.40. The maximum atomic E-state index is 12.6. The van der Waals surface area contributed by atoms with E-state index in [9.17, 15) is 9.59 Å². The zero-order valence-corrected chi connectivity index (χ0v) is 13.0. The van der Waals surface area contributed by atoms with E-state index in [0.29, 0.717) is 25.3 Å². The van der Waals surface area contributed by atoms with Crippen molar-refractivity contribution in [2.45, 2.75) is 71.9 Å². The summed E-state index contributed by atoms with van der Waals surface area (Å²) in [7, 11) is 0. The molecule has 0 aromatic carbocycles. The van der Waals surface area contributed by atoms with E-state index >= 15 is 0 Å². The summed E-state index contributed by atoms with van der Waals surface area (Å²) in [5.74, 6) is 0.690. The smallest absolute Gasteiger partial charge is 0.248 e. The quantitative estimate of drug-likeness (QED) is 0.832. The van der Waals surface area contributed by atoms with Gasteiger partial charge in [-0.15, -0.1) is 0 Å². The van der Waals surface area contributed by atoms with Gasteiger partial charge in [-0.1, -0.05) is 20.8 Å². The van der Waals surface area contributed by atoms with Crippen molar-refractivity contribution in [3.05, 3.63) is 0 Å². The molecule has 2 amide bonds. The van der Waals surface area contributed by atoms with Crippen molar-refractivity contribution in [1.29, 1.82) is 0 Å². The van der Waals surface area contributed by atoms with E-state index in [1.165, 1.54) is 0 Å². The van der Waals surface area contributed by atoms with E-state index in [4.69, 9.17) is 0 Å². The maximum Gasteiger partial charge on any atom is 0.248 e. The minimum Gasteiger partial charge on any atom is -0.342 e. The molecule has 19 heavy (non-hydrogen) atoms. The van der Waals surface area contributed by atoms with Crippen LogP contribution in [0.1, 0.15) is 60.3 Å². The van der Waals surface area contributed by atoms with Gasteiger partial charge in [0.05, 0.1) is 0 Å². The lowest BCUT2D eigenvalue weighted by Crippen LogP contribution is -2.56. The Balaban J connectivity index is 2.81. The van der Waals surface area contributed by atoms with E-state index in [0.717, 1.165) is 12.8 Å². The monoisotopic (exact) mass is 268 g/mol. The molecular weight excluding hydrogens is 240 g/mol. The number of hydrogen-bond donors (Lipinski definition) is 1. The molecule has 0 spiro atoms.